The van der Waals surface area contributed by atoms with Gasteiger partial charge < -0.3 is 44.8 Å². The third-order valence-corrected chi connectivity index (χ3v) is 9.56. The van der Waals surface area contributed by atoms with Gasteiger partial charge in [-0.2, -0.15) is 0 Å². The van der Waals surface area contributed by atoms with E-state index in [-0.39, 0.29) is 34.2 Å². The molecule has 0 bridgehead atoms. The fourth-order valence-electron chi connectivity index (χ4n) is 6.58. The first-order valence-corrected chi connectivity index (χ1v) is 17.9. The van der Waals surface area contributed by atoms with Crippen LogP contribution in [-0.4, -0.2) is 78.8 Å². The third kappa shape index (κ3) is 9.18. The van der Waals surface area contributed by atoms with Gasteiger partial charge in [0.15, 0.2) is 11.5 Å². The van der Waals surface area contributed by atoms with Crippen molar-refractivity contribution in [1.29, 1.82) is 0 Å². The number of amides is 1. The molecule has 0 aliphatic carbocycles. The van der Waals surface area contributed by atoms with E-state index in [0.717, 1.165) is 24.0 Å². The first kappa shape index (κ1) is 39.0. The molecule has 1 atom stereocenters. The summed E-state index contributed by atoms with van der Waals surface area (Å²) in [5, 5.41) is 2.72. The highest BCUT2D eigenvalue weighted by molar-refractivity contribution is 6.04. The van der Waals surface area contributed by atoms with Gasteiger partial charge in [-0.05, 0) is 79.3 Å². The number of methoxy groups -OCH3 is 1. The van der Waals surface area contributed by atoms with Crippen LogP contribution in [0.15, 0.2) is 84.2 Å². The molecule has 2 aliphatic heterocycles. The topological polar surface area (TPSA) is 181 Å². The lowest BCUT2D eigenvalue weighted by Crippen LogP contribution is -2.33. The molecule has 5 aromatic rings. The predicted molar refractivity (Wildman–Crippen MR) is 206 cm³/mol. The Kier molecular flexibility index (Phi) is 12.5. The number of aryl methyl sites for hydroxylation is 1. The lowest BCUT2D eigenvalue weighted by atomic mass is 9.99. The molecule has 1 amide bonds. The zero-order chi connectivity index (χ0) is 37.6. The Morgan fingerprint density at radius 2 is 1.76 bits per heavy atom. The number of carbonyl (C=O) groups excluding carboxylic acids is 1. The number of pyridine rings is 3. The normalized spacial score (nSPS) is 15.9. The minimum Gasteiger partial charge on any atom is -0.493 e. The zero-order valence-corrected chi connectivity index (χ0v) is 30.7. The number of nitrogens with two attached hydrogens (primary N) is 1. The molecule has 3 aromatic heterocycles. The van der Waals surface area contributed by atoms with Gasteiger partial charge in [0, 0.05) is 66.9 Å². The fourth-order valence-corrected chi connectivity index (χ4v) is 6.58. The van der Waals surface area contributed by atoms with E-state index in [1.807, 2.05) is 23.6 Å². The smallest absolute Gasteiger partial charge is 0.261 e. The number of hydrogen-bond donors (Lipinski definition) is 2. The maximum atomic E-state index is 15.9. The molecule has 14 heteroatoms. The van der Waals surface area contributed by atoms with Crippen LogP contribution in [0, 0.1) is 18.7 Å². The van der Waals surface area contributed by atoms with E-state index in [9.17, 15) is 9.59 Å². The van der Waals surface area contributed by atoms with Crippen molar-refractivity contribution in [2.24, 2.45) is 5.92 Å². The molecule has 0 spiro atoms. The molecule has 7 rings (SSSR count). The molecule has 13 nitrogen and oxygen atoms in total. The second-order valence-electron chi connectivity index (χ2n) is 13.4. The lowest BCUT2D eigenvalue weighted by molar-refractivity contribution is -0.101. The minimum atomic E-state index is -0.661. The first-order valence-electron chi connectivity index (χ1n) is 17.9. The van der Waals surface area contributed by atoms with Crippen molar-refractivity contribution in [2.45, 2.75) is 32.4 Å². The average molecular weight is 754 g/mol. The Morgan fingerprint density at radius 1 is 0.927 bits per heavy atom. The molecule has 55 heavy (non-hydrogen) atoms. The number of nitrogens with zero attached hydrogens (tertiary/aromatic N) is 3. The number of halogens is 1. The second-order valence-corrected chi connectivity index (χ2v) is 13.4. The number of carbonyl (C=O) groups is 1. The van der Waals surface area contributed by atoms with Gasteiger partial charge in [-0.15, -0.1) is 0 Å². The highest BCUT2D eigenvalue weighted by Gasteiger charge is 2.22. The van der Waals surface area contributed by atoms with Crippen LogP contribution in [0.5, 0.6) is 11.5 Å². The van der Waals surface area contributed by atoms with Gasteiger partial charge >= 0.3 is 0 Å². The molecule has 288 valence electrons. The molecule has 5 heterocycles. The van der Waals surface area contributed by atoms with Crippen molar-refractivity contribution in [1.82, 2.24) is 14.5 Å². The van der Waals surface area contributed by atoms with Crippen LogP contribution >= 0.6 is 0 Å². The minimum absolute atomic E-state index is 0. The van der Waals surface area contributed by atoms with Gasteiger partial charge in [-0.25, -0.2) is 9.37 Å². The van der Waals surface area contributed by atoms with E-state index in [0.29, 0.717) is 86.0 Å². The van der Waals surface area contributed by atoms with Crippen molar-refractivity contribution in [3.05, 3.63) is 107 Å². The number of aromatic nitrogens is 3. The first-order chi connectivity index (χ1) is 26.2. The SMILES string of the molecule is COc1cc(-c2cnc(N)c(-c3ccc(NC(=O)c4cn(CC5CCOCC5)cc(-c5ccc(C)cn5)c4=O)cc3F)c2)ccc1OC[C@H]1COCCO1.O. The zero-order valence-electron chi connectivity index (χ0n) is 30.7. The summed E-state index contributed by atoms with van der Waals surface area (Å²) in [6.07, 6.45) is 8.17. The van der Waals surface area contributed by atoms with Crippen LogP contribution in [0.1, 0.15) is 28.8 Å². The van der Waals surface area contributed by atoms with E-state index in [4.69, 9.17) is 29.4 Å². The fraction of sp³-hybridized carbons (Fsp3) is 0.317. The number of anilines is 2. The van der Waals surface area contributed by atoms with Gasteiger partial charge in [0.1, 0.15) is 29.9 Å². The van der Waals surface area contributed by atoms with Crippen LogP contribution in [0.25, 0.3) is 33.5 Å². The Bertz CT molecular complexity index is 2180. The summed E-state index contributed by atoms with van der Waals surface area (Å²) in [5.74, 6) is 0.206. The van der Waals surface area contributed by atoms with Crippen molar-refractivity contribution in [2.75, 3.05) is 57.8 Å². The molecule has 5 N–H and O–H groups in total. The van der Waals surface area contributed by atoms with Crippen molar-refractivity contribution in [3.8, 4) is 45.0 Å². The highest BCUT2D eigenvalue weighted by atomic mass is 19.1. The van der Waals surface area contributed by atoms with Crippen LogP contribution in [-0.2, 0) is 20.8 Å². The van der Waals surface area contributed by atoms with E-state index in [1.165, 1.54) is 12.1 Å². The Labute approximate surface area is 317 Å². The molecule has 0 unspecified atom stereocenters. The summed E-state index contributed by atoms with van der Waals surface area (Å²) < 4.78 is 45.9. The van der Waals surface area contributed by atoms with Gasteiger partial charge in [0.2, 0.25) is 5.43 Å². The van der Waals surface area contributed by atoms with E-state index >= 15 is 4.39 Å². The Morgan fingerprint density at radius 3 is 2.49 bits per heavy atom. The summed E-state index contributed by atoms with van der Waals surface area (Å²) in [7, 11) is 1.55. The number of rotatable bonds is 11. The Balaban J connectivity index is 0.00000514. The molecule has 2 fully saturated rings. The van der Waals surface area contributed by atoms with Gasteiger partial charge in [0.25, 0.3) is 5.91 Å². The van der Waals surface area contributed by atoms with Crippen molar-refractivity contribution < 1.29 is 38.3 Å². The van der Waals surface area contributed by atoms with Crippen LogP contribution in [0.2, 0.25) is 0 Å². The number of hydrogen-bond acceptors (Lipinski definition) is 10. The Hall–Kier alpha value is -5.67. The molecular formula is C41H44FN5O8. The quantitative estimate of drug-likeness (QED) is 0.179. The number of ether oxygens (including phenoxy) is 5. The second kappa shape index (κ2) is 17.6. The van der Waals surface area contributed by atoms with Gasteiger partial charge in [0.05, 0.1) is 38.2 Å². The summed E-state index contributed by atoms with van der Waals surface area (Å²) in [6, 6.07) is 15.1. The van der Waals surface area contributed by atoms with Crippen LogP contribution in [0.3, 0.4) is 0 Å². The average Bonchev–Trinajstić information content (AvgIpc) is 3.19. The highest BCUT2D eigenvalue weighted by Crippen LogP contribution is 2.36. The maximum absolute atomic E-state index is 15.9. The van der Waals surface area contributed by atoms with Crippen molar-refractivity contribution >= 4 is 17.4 Å². The van der Waals surface area contributed by atoms with Crippen molar-refractivity contribution in [3.63, 3.8) is 0 Å². The molecule has 0 radical (unpaired) electrons. The number of nitrogen functional groups attached to an aromatic ring is 1. The maximum Gasteiger partial charge on any atom is 0.261 e. The number of nitrogens with one attached hydrogen (secondary N) is 1. The standard InChI is InChI=1S/C41H42FN5O7.H2O/c1-25-3-7-36(44-18-25)33-21-47(20-26-9-11-51-12-10-26)22-34(39(33)48)41(49)46-29-5-6-31(35(42)17-29)32-15-28(19-45-40(32)43)27-4-8-37(38(16-27)50-2)54-24-30-23-52-13-14-53-30;/h3-8,15-19,21-22,26,30H,9-14,20,23-24H2,1-2H3,(H2,43,45)(H,46,49);1H2/t30-;/m1./s1. The van der Waals surface area contributed by atoms with E-state index in [1.54, 1.807) is 62.2 Å². The third-order valence-electron chi connectivity index (χ3n) is 9.56. The van der Waals surface area contributed by atoms with Gasteiger partial charge in [-0.3, -0.25) is 14.6 Å². The summed E-state index contributed by atoms with van der Waals surface area (Å²) in [6.45, 7) is 5.72. The van der Waals surface area contributed by atoms with Gasteiger partial charge in [-0.1, -0.05) is 12.1 Å². The van der Waals surface area contributed by atoms with Crippen LogP contribution in [0.4, 0.5) is 15.9 Å². The molecule has 2 saturated heterocycles. The largest absolute Gasteiger partial charge is 0.493 e. The number of benzene rings is 2. The molecule has 0 saturated carbocycles. The summed E-state index contributed by atoms with van der Waals surface area (Å²) in [4.78, 5) is 36.2. The lowest BCUT2D eigenvalue weighted by Gasteiger charge is -2.23. The molecule has 2 aromatic carbocycles. The van der Waals surface area contributed by atoms with E-state index in [2.05, 4.69) is 15.3 Å². The van der Waals surface area contributed by atoms with Crippen LogP contribution < -0.4 is 26.0 Å². The predicted octanol–water partition coefficient (Wildman–Crippen LogP) is 5.33. The summed E-state index contributed by atoms with van der Waals surface area (Å²) in [5.41, 5.74) is 9.58. The molecular weight excluding hydrogens is 709 g/mol. The van der Waals surface area contributed by atoms with E-state index < -0.39 is 17.2 Å². The summed E-state index contributed by atoms with van der Waals surface area (Å²) >= 11 is 0. The monoisotopic (exact) mass is 753 g/mol. The molecule has 2 aliphatic rings.